The first-order chi connectivity index (χ1) is 10.9. The van der Waals surface area contributed by atoms with Gasteiger partial charge >= 0.3 is 0 Å². The minimum atomic E-state index is -2.83. The van der Waals surface area contributed by atoms with Crippen LogP contribution in [-0.4, -0.2) is 43.5 Å². The van der Waals surface area contributed by atoms with Crippen molar-refractivity contribution >= 4 is 11.6 Å². The number of benzene rings is 1. The molecule has 0 spiro atoms. The molecule has 0 saturated carbocycles. The number of nitrogens with zero attached hydrogens (tertiary/aromatic N) is 1. The molecule has 2 aliphatic heterocycles. The second kappa shape index (κ2) is 6.39. The molecule has 7 heteroatoms. The average Bonchev–Trinajstić information content (AvgIpc) is 2.88. The van der Waals surface area contributed by atoms with E-state index in [1.165, 1.54) is 6.07 Å². The largest absolute Gasteiger partial charge is 0.367 e. The lowest BCUT2D eigenvalue weighted by Crippen LogP contribution is -2.52. The van der Waals surface area contributed by atoms with Crippen LogP contribution in [0.5, 0.6) is 0 Å². The number of halogens is 3. The number of amides is 1. The van der Waals surface area contributed by atoms with Crippen LogP contribution < -0.4 is 15.5 Å². The maximum absolute atomic E-state index is 13.9. The summed E-state index contributed by atoms with van der Waals surface area (Å²) >= 11 is 0. The number of carbonyl (C=O) groups excluding carboxylic acids is 1. The van der Waals surface area contributed by atoms with E-state index in [0.717, 1.165) is 12.8 Å². The molecule has 2 unspecified atom stereocenters. The predicted molar refractivity (Wildman–Crippen MR) is 81.1 cm³/mol. The van der Waals surface area contributed by atoms with E-state index in [-0.39, 0.29) is 11.9 Å². The minimum absolute atomic E-state index is 0.160. The number of rotatable bonds is 3. The second-order valence-electron chi connectivity index (χ2n) is 6.24. The van der Waals surface area contributed by atoms with E-state index in [4.69, 9.17) is 0 Å². The molecule has 1 aromatic carbocycles. The van der Waals surface area contributed by atoms with Gasteiger partial charge in [-0.1, -0.05) is 12.1 Å². The molecule has 1 amide bonds. The van der Waals surface area contributed by atoms with Crippen molar-refractivity contribution < 1.29 is 18.0 Å². The summed E-state index contributed by atoms with van der Waals surface area (Å²) in [5.41, 5.74) is 0.511. The first-order valence-corrected chi connectivity index (χ1v) is 7.86. The van der Waals surface area contributed by atoms with Gasteiger partial charge < -0.3 is 10.2 Å². The highest BCUT2D eigenvalue weighted by Gasteiger charge is 2.42. The van der Waals surface area contributed by atoms with Crippen LogP contribution >= 0.6 is 0 Å². The van der Waals surface area contributed by atoms with E-state index >= 15 is 0 Å². The molecule has 2 fully saturated rings. The maximum Gasteiger partial charge on any atom is 0.262 e. The zero-order chi connectivity index (χ0) is 16.4. The summed E-state index contributed by atoms with van der Waals surface area (Å²) < 4.78 is 40.2. The lowest BCUT2D eigenvalue weighted by atomic mass is 10.0. The summed E-state index contributed by atoms with van der Waals surface area (Å²) in [6, 6.07) is 5.50. The normalized spacial score (nSPS) is 27.0. The molecule has 0 aliphatic carbocycles. The van der Waals surface area contributed by atoms with Gasteiger partial charge in [0, 0.05) is 25.6 Å². The number of hydrogen-bond donors (Lipinski definition) is 2. The standard InChI is InChI=1S/C16H20F3N3O/c17-12-5-1-2-6-14(12)22-7-3-4-11(9-22)21-15(23)13-8-16(18,19)10-20-13/h1-2,5-6,11,13,20H,3-4,7-10H2,(H,21,23). The smallest absolute Gasteiger partial charge is 0.262 e. The third-order valence-electron chi connectivity index (χ3n) is 4.39. The molecule has 2 N–H and O–H groups in total. The van der Waals surface area contributed by atoms with E-state index in [1.54, 1.807) is 18.2 Å². The highest BCUT2D eigenvalue weighted by atomic mass is 19.3. The first kappa shape index (κ1) is 16.1. The number of anilines is 1. The lowest BCUT2D eigenvalue weighted by Gasteiger charge is -2.35. The van der Waals surface area contributed by atoms with Gasteiger partial charge in [0.15, 0.2) is 0 Å². The molecule has 23 heavy (non-hydrogen) atoms. The van der Waals surface area contributed by atoms with Gasteiger partial charge in [0.2, 0.25) is 5.91 Å². The fourth-order valence-corrected chi connectivity index (χ4v) is 3.22. The van der Waals surface area contributed by atoms with Crippen LogP contribution in [0.2, 0.25) is 0 Å². The zero-order valence-corrected chi connectivity index (χ0v) is 12.7. The van der Waals surface area contributed by atoms with Crippen molar-refractivity contribution in [1.82, 2.24) is 10.6 Å². The Hall–Kier alpha value is -1.76. The topological polar surface area (TPSA) is 44.4 Å². The molecular weight excluding hydrogens is 307 g/mol. The van der Waals surface area contributed by atoms with E-state index in [9.17, 15) is 18.0 Å². The van der Waals surface area contributed by atoms with Crippen LogP contribution in [0.3, 0.4) is 0 Å². The van der Waals surface area contributed by atoms with Crippen LogP contribution in [-0.2, 0) is 4.79 Å². The van der Waals surface area contributed by atoms with Crippen LogP contribution in [0.25, 0.3) is 0 Å². The number of para-hydroxylation sites is 1. The van der Waals surface area contributed by atoms with Crippen LogP contribution in [0.15, 0.2) is 24.3 Å². The summed E-state index contributed by atoms with van der Waals surface area (Å²) in [5, 5.41) is 5.37. The van der Waals surface area contributed by atoms with Crippen molar-refractivity contribution in [3.05, 3.63) is 30.1 Å². The molecule has 2 saturated heterocycles. The Kier molecular flexibility index (Phi) is 4.48. The maximum atomic E-state index is 13.9. The third kappa shape index (κ3) is 3.77. The molecule has 3 rings (SSSR count). The summed E-state index contributed by atoms with van der Waals surface area (Å²) in [5.74, 6) is -3.52. The van der Waals surface area contributed by atoms with Gasteiger partial charge in [0.1, 0.15) is 5.82 Å². The van der Waals surface area contributed by atoms with Crippen molar-refractivity contribution in [2.45, 2.75) is 37.3 Å². The van der Waals surface area contributed by atoms with Gasteiger partial charge in [-0.25, -0.2) is 13.2 Å². The number of hydrogen-bond acceptors (Lipinski definition) is 3. The number of alkyl halides is 2. The monoisotopic (exact) mass is 327 g/mol. The van der Waals surface area contributed by atoms with Gasteiger partial charge in [-0.15, -0.1) is 0 Å². The first-order valence-electron chi connectivity index (χ1n) is 7.86. The van der Waals surface area contributed by atoms with Crippen molar-refractivity contribution in [2.24, 2.45) is 0 Å². The molecule has 126 valence electrons. The van der Waals surface area contributed by atoms with E-state index < -0.39 is 30.8 Å². The van der Waals surface area contributed by atoms with E-state index in [1.807, 2.05) is 4.90 Å². The molecule has 1 aromatic rings. The van der Waals surface area contributed by atoms with Crippen LogP contribution in [0, 0.1) is 5.82 Å². The Morgan fingerprint density at radius 3 is 2.83 bits per heavy atom. The molecule has 0 radical (unpaired) electrons. The molecular formula is C16H20F3N3O. The molecule has 2 aliphatic rings. The van der Waals surface area contributed by atoms with Crippen molar-refractivity contribution in [2.75, 3.05) is 24.5 Å². The van der Waals surface area contributed by atoms with Crippen molar-refractivity contribution in [1.29, 1.82) is 0 Å². The van der Waals surface area contributed by atoms with Crippen molar-refractivity contribution in [3.8, 4) is 0 Å². The third-order valence-corrected chi connectivity index (χ3v) is 4.39. The van der Waals surface area contributed by atoms with Gasteiger partial charge in [-0.05, 0) is 25.0 Å². The Labute approximate surface area is 133 Å². The summed E-state index contributed by atoms with van der Waals surface area (Å²) in [6.45, 7) is 0.736. The van der Waals surface area contributed by atoms with Crippen LogP contribution in [0.1, 0.15) is 19.3 Å². The average molecular weight is 327 g/mol. The highest BCUT2D eigenvalue weighted by molar-refractivity contribution is 5.82. The van der Waals surface area contributed by atoms with Gasteiger partial charge in [0.25, 0.3) is 5.92 Å². The Morgan fingerprint density at radius 1 is 1.35 bits per heavy atom. The minimum Gasteiger partial charge on any atom is -0.367 e. The molecule has 2 atom stereocenters. The second-order valence-corrected chi connectivity index (χ2v) is 6.24. The molecule has 0 bridgehead atoms. The van der Waals surface area contributed by atoms with Gasteiger partial charge in [-0.3, -0.25) is 10.1 Å². The number of piperidine rings is 1. The quantitative estimate of drug-likeness (QED) is 0.891. The van der Waals surface area contributed by atoms with Gasteiger partial charge in [-0.2, -0.15) is 0 Å². The number of nitrogens with one attached hydrogen (secondary N) is 2. The summed E-state index contributed by atoms with van der Waals surface area (Å²) in [7, 11) is 0. The van der Waals surface area contributed by atoms with Crippen LogP contribution in [0.4, 0.5) is 18.9 Å². The van der Waals surface area contributed by atoms with E-state index in [0.29, 0.717) is 18.8 Å². The fraction of sp³-hybridized carbons (Fsp3) is 0.562. The van der Waals surface area contributed by atoms with Crippen molar-refractivity contribution in [3.63, 3.8) is 0 Å². The predicted octanol–water partition coefficient (Wildman–Crippen LogP) is 1.91. The Balaban J connectivity index is 1.59. The molecule has 2 heterocycles. The zero-order valence-electron chi connectivity index (χ0n) is 12.7. The fourth-order valence-electron chi connectivity index (χ4n) is 3.22. The Morgan fingerprint density at radius 2 is 2.13 bits per heavy atom. The molecule has 4 nitrogen and oxygen atoms in total. The SMILES string of the molecule is O=C(NC1CCCN(c2ccccc2F)C1)C1CC(F)(F)CN1. The number of carbonyl (C=O) groups is 1. The lowest BCUT2D eigenvalue weighted by molar-refractivity contribution is -0.124. The van der Waals surface area contributed by atoms with Gasteiger partial charge in [0.05, 0.1) is 18.3 Å². The summed E-state index contributed by atoms with van der Waals surface area (Å²) in [6.07, 6.45) is 1.11. The molecule has 0 aromatic heterocycles. The Bertz CT molecular complexity index is 581. The van der Waals surface area contributed by atoms with E-state index in [2.05, 4.69) is 10.6 Å². The highest BCUT2D eigenvalue weighted by Crippen LogP contribution is 2.26. The summed E-state index contributed by atoms with van der Waals surface area (Å²) in [4.78, 5) is 14.0.